The van der Waals surface area contributed by atoms with Crippen molar-refractivity contribution in [3.05, 3.63) is 28.5 Å². The van der Waals surface area contributed by atoms with Gasteiger partial charge in [0.25, 0.3) is 0 Å². The smallest absolute Gasteiger partial charge is 0.247 e. The molecule has 14 heavy (non-hydrogen) atoms. The van der Waals surface area contributed by atoms with Crippen molar-refractivity contribution < 1.29 is 4.79 Å². The van der Waals surface area contributed by atoms with Crippen molar-refractivity contribution >= 4 is 23.3 Å². The molecule has 0 saturated heterocycles. The van der Waals surface area contributed by atoms with Crippen molar-refractivity contribution in [1.29, 1.82) is 0 Å². The van der Waals surface area contributed by atoms with Gasteiger partial charge in [-0.05, 0) is 17.5 Å². The number of terminal acetylenes is 1. The van der Waals surface area contributed by atoms with Gasteiger partial charge in [-0.2, -0.15) is 0 Å². The average Bonchev–Trinajstić information content (AvgIpc) is 2.67. The van der Waals surface area contributed by atoms with Gasteiger partial charge in [0, 0.05) is 18.0 Å². The van der Waals surface area contributed by atoms with Crippen molar-refractivity contribution in [3.8, 4) is 12.3 Å². The summed E-state index contributed by atoms with van der Waals surface area (Å²) in [5.74, 6) is 2.34. The predicted molar refractivity (Wildman–Crippen MR) is 59.8 cm³/mol. The van der Waals surface area contributed by atoms with E-state index in [2.05, 4.69) is 5.92 Å². The largest absolute Gasteiger partial charge is 0.331 e. The van der Waals surface area contributed by atoms with Crippen LogP contribution in [-0.4, -0.2) is 24.4 Å². The lowest BCUT2D eigenvalue weighted by atomic mass is 10.4. The van der Waals surface area contributed by atoms with Crippen LogP contribution in [-0.2, 0) is 4.79 Å². The molecule has 0 spiro atoms. The van der Waals surface area contributed by atoms with Crippen LogP contribution in [0.1, 0.15) is 4.88 Å². The van der Waals surface area contributed by atoms with Gasteiger partial charge in [-0.3, -0.25) is 4.79 Å². The zero-order valence-corrected chi connectivity index (χ0v) is 8.75. The molecule has 0 radical (unpaired) electrons. The maximum absolute atomic E-state index is 11.4. The van der Waals surface area contributed by atoms with Gasteiger partial charge in [-0.1, -0.05) is 12.0 Å². The second kappa shape index (κ2) is 5.25. The number of carbonyl (C=O) groups excluding carboxylic acids is 1. The molecule has 1 aromatic heterocycles. The number of carbonyl (C=O) groups is 1. The SMILES string of the molecule is C#CCN(C)C(=O)/C=C/c1cccs1. The number of thiophene rings is 1. The zero-order chi connectivity index (χ0) is 10.4. The van der Waals surface area contributed by atoms with E-state index in [4.69, 9.17) is 6.42 Å². The summed E-state index contributed by atoms with van der Waals surface area (Å²) in [7, 11) is 1.68. The molecule has 0 aromatic carbocycles. The van der Waals surface area contributed by atoms with Crippen molar-refractivity contribution in [2.45, 2.75) is 0 Å². The Balaban J connectivity index is 2.53. The van der Waals surface area contributed by atoms with Gasteiger partial charge in [0.05, 0.1) is 6.54 Å². The van der Waals surface area contributed by atoms with Crippen LogP contribution < -0.4 is 0 Å². The van der Waals surface area contributed by atoms with Crippen LogP contribution in [0.3, 0.4) is 0 Å². The van der Waals surface area contributed by atoms with E-state index in [0.29, 0.717) is 6.54 Å². The number of amides is 1. The molecule has 0 atom stereocenters. The summed E-state index contributed by atoms with van der Waals surface area (Å²) in [5, 5.41) is 1.97. The molecular formula is C11H11NOS. The Morgan fingerprint density at radius 3 is 3.14 bits per heavy atom. The highest BCUT2D eigenvalue weighted by atomic mass is 32.1. The lowest BCUT2D eigenvalue weighted by Crippen LogP contribution is -2.24. The third-order valence-electron chi connectivity index (χ3n) is 1.64. The van der Waals surface area contributed by atoms with Gasteiger partial charge in [-0.25, -0.2) is 0 Å². The third-order valence-corrected chi connectivity index (χ3v) is 2.48. The molecular weight excluding hydrogens is 194 g/mol. The zero-order valence-electron chi connectivity index (χ0n) is 7.93. The molecule has 0 unspecified atom stereocenters. The summed E-state index contributed by atoms with van der Waals surface area (Å²) in [4.78, 5) is 13.9. The number of nitrogens with zero attached hydrogens (tertiary/aromatic N) is 1. The standard InChI is InChI=1S/C11H11NOS/c1-3-8-12(2)11(13)7-6-10-5-4-9-14-10/h1,4-7,9H,8H2,2H3/b7-6+. The Kier molecular flexibility index (Phi) is 3.96. The molecule has 0 N–H and O–H groups in total. The van der Waals surface area contributed by atoms with Crippen molar-refractivity contribution in [2.75, 3.05) is 13.6 Å². The van der Waals surface area contributed by atoms with E-state index in [9.17, 15) is 4.79 Å². The Hall–Kier alpha value is -1.53. The molecule has 0 aliphatic rings. The van der Waals surface area contributed by atoms with Gasteiger partial charge < -0.3 is 4.90 Å². The number of likely N-dealkylation sites (N-methyl/N-ethyl adjacent to an activating group) is 1. The maximum Gasteiger partial charge on any atom is 0.247 e. The summed E-state index contributed by atoms with van der Waals surface area (Å²) in [6.07, 6.45) is 8.41. The summed E-state index contributed by atoms with van der Waals surface area (Å²) >= 11 is 1.59. The van der Waals surface area contributed by atoms with Crippen LogP contribution in [0.5, 0.6) is 0 Å². The normalized spacial score (nSPS) is 10.0. The third kappa shape index (κ3) is 3.08. The van der Waals surface area contributed by atoms with E-state index in [1.807, 2.05) is 17.5 Å². The van der Waals surface area contributed by atoms with E-state index >= 15 is 0 Å². The number of hydrogen-bond donors (Lipinski definition) is 0. The first kappa shape index (κ1) is 10.6. The van der Waals surface area contributed by atoms with Crippen LogP contribution in [0.4, 0.5) is 0 Å². The molecule has 1 amide bonds. The molecule has 2 nitrogen and oxygen atoms in total. The highest BCUT2D eigenvalue weighted by Crippen LogP contribution is 2.10. The Bertz CT molecular complexity index is 359. The molecule has 1 heterocycles. The van der Waals surface area contributed by atoms with Crippen LogP contribution in [0.15, 0.2) is 23.6 Å². The topological polar surface area (TPSA) is 20.3 Å². The molecule has 1 aromatic rings. The van der Waals surface area contributed by atoms with Gasteiger partial charge in [0.15, 0.2) is 0 Å². The Morgan fingerprint density at radius 1 is 1.79 bits per heavy atom. The van der Waals surface area contributed by atoms with Crippen molar-refractivity contribution in [1.82, 2.24) is 4.90 Å². The number of hydrogen-bond acceptors (Lipinski definition) is 2. The second-order valence-corrected chi connectivity index (χ2v) is 3.73. The molecule has 0 saturated carbocycles. The Morgan fingerprint density at radius 2 is 2.57 bits per heavy atom. The fraction of sp³-hybridized carbons (Fsp3) is 0.182. The summed E-state index contributed by atoms with van der Waals surface area (Å²) in [5.41, 5.74) is 0. The average molecular weight is 205 g/mol. The van der Waals surface area contributed by atoms with Crippen LogP contribution in [0.25, 0.3) is 6.08 Å². The summed E-state index contributed by atoms with van der Waals surface area (Å²) < 4.78 is 0. The minimum Gasteiger partial charge on any atom is -0.331 e. The maximum atomic E-state index is 11.4. The predicted octanol–water partition coefficient (Wildman–Crippen LogP) is 1.85. The summed E-state index contributed by atoms with van der Waals surface area (Å²) in [6, 6.07) is 3.90. The lowest BCUT2D eigenvalue weighted by Gasteiger charge is -2.09. The first-order chi connectivity index (χ1) is 6.74. The minimum atomic E-state index is -0.0728. The van der Waals surface area contributed by atoms with Gasteiger partial charge in [-0.15, -0.1) is 17.8 Å². The van der Waals surface area contributed by atoms with Crippen LogP contribution >= 0.6 is 11.3 Å². The lowest BCUT2D eigenvalue weighted by molar-refractivity contribution is -0.124. The fourth-order valence-electron chi connectivity index (χ4n) is 0.882. The minimum absolute atomic E-state index is 0.0728. The molecule has 0 fully saturated rings. The van der Waals surface area contributed by atoms with E-state index in [0.717, 1.165) is 4.88 Å². The van der Waals surface area contributed by atoms with Crippen molar-refractivity contribution in [3.63, 3.8) is 0 Å². The highest BCUT2D eigenvalue weighted by molar-refractivity contribution is 7.10. The first-order valence-corrected chi connectivity index (χ1v) is 5.02. The quantitative estimate of drug-likeness (QED) is 0.545. The molecule has 1 rings (SSSR count). The molecule has 0 bridgehead atoms. The molecule has 0 aliphatic heterocycles. The second-order valence-electron chi connectivity index (χ2n) is 2.75. The Labute approximate surface area is 87.9 Å². The molecule has 3 heteroatoms. The van der Waals surface area contributed by atoms with Gasteiger partial charge >= 0.3 is 0 Å². The van der Waals surface area contributed by atoms with Gasteiger partial charge in [0.2, 0.25) is 5.91 Å². The number of rotatable bonds is 3. The van der Waals surface area contributed by atoms with E-state index in [1.54, 1.807) is 24.5 Å². The first-order valence-electron chi connectivity index (χ1n) is 4.14. The highest BCUT2D eigenvalue weighted by Gasteiger charge is 2.01. The van der Waals surface area contributed by atoms with Crippen LogP contribution in [0, 0.1) is 12.3 Å². The molecule has 72 valence electrons. The van der Waals surface area contributed by atoms with E-state index < -0.39 is 0 Å². The van der Waals surface area contributed by atoms with Gasteiger partial charge in [0.1, 0.15) is 0 Å². The monoisotopic (exact) mass is 205 g/mol. The summed E-state index contributed by atoms with van der Waals surface area (Å²) in [6.45, 7) is 0.341. The van der Waals surface area contributed by atoms with Crippen LogP contribution in [0.2, 0.25) is 0 Å². The molecule has 0 aliphatic carbocycles. The fourth-order valence-corrected chi connectivity index (χ4v) is 1.50. The van der Waals surface area contributed by atoms with E-state index in [-0.39, 0.29) is 5.91 Å². The van der Waals surface area contributed by atoms with E-state index in [1.165, 1.54) is 11.0 Å². The van der Waals surface area contributed by atoms with Crippen molar-refractivity contribution in [2.24, 2.45) is 0 Å².